The van der Waals surface area contributed by atoms with Crippen LogP contribution in [-0.4, -0.2) is 47.0 Å². The predicted molar refractivity (Wildman–Crippen MR) is 75.3 cm³/mol. The second kappa shape index (κ2) is 8.21. The molecule has 0 aliphatic heterocycles. The van der Waals surface area contributed by atoms with Crippen molar-refractivity contribution in [1.82, 2.24) is 4.72 Å². The molecule has 0 aliphatic rings. The molecule has 1 aromatic rings. The molecular formula is C13H21NO5S. The van der Waals surface area contributed by atoms with E-state index in [1.807, 2.05) is 0 Å². The number of aliphatic hydroxyl groups excluding tert-OH is 1. The summed E-state index contributed by atoms with van der Waals surface area (Å²) in [6.07, 6.45) is 0. The van der Waals surface area contributed by atoms with Gasteiger partial charge >= 0.3 is 0 Å². The molecule has 7 heteroatoms. The van der Waals surface area contributed by atoms with E-state index in [4.69, 9.17) is 14.6 Å². The Morgan fingerprint density at radius 2 is 1.90 bits per heavy atom. The summed E-state index contributed by atoms with van der Waals surface area (Å²) in [5.74, 6) is 0.464. The highest BCUT2D eigenvalue weighted by Gasteiger charge is 2.14. The number of aliphatic hydroxyl groups is 1. The molecule has 1 rings (SSSR count). The number of ether oxygens (including phenoxy) is 2. The first-order valence-corrected chi connectivity index (χ1v) is 7.80. The highest BCUT2D eigenvalue weighted by Crippen LogP contribution is 2.16. The molecule has 0 bridgehead atoms. The van der Waals surface area contributed by atoms with Gasteiger partial charge in [0.25, 0.3) is 0 Å². The molecule has 0 spiro atoms. The summed E-state index contributed by atoms with van der Waals surface area (Å²) in [6, 6.07) is 6.15. The molecule has 0 radical (unpaired) electrons. The van der Waals surface area contributed by atoms with Crippen molar-refractivity contribution < 1.29 is 23.0 Å². The second-order valence-corrected chi connectivity index (χ2v) is 6.22. The Balaban J connectivity index is 2.62. The van der Waals surface area contributed by atoms with Crippen LogP contribution in [0.25, 0.3) is 0 Å². The van der Waals surface area contributed by atoms with Gasteiger partial charge in [-0.15, -0.1) is 0 Å². The van der Waals surface area contributed by atoms with E-state index >= 15 is 0 Å². The molecule has 1 unspecified atom stereocenters. The molecule has 0 heterocycles. The number of nitrogens with one attached hydrogen (secondary N) is 1. The Kier molecular flexibility index (Phi) is 6.94. The quantitative estimate of drug-likeness (QED) is 0.653. The summed E-state index contributed by atoms with van der Waals surface area (Å²) in [5.41, 5.74) is 0. The van der Waals surface area contributed by atoms with Crippen molar-refractivity contribution in [2.75, 3.05) is 33.5 Å². The van der Waals surface area contributed by atoms with Crippen LogP contribution in [0.5, 0.6) is 5.75 Å². The predicted octanol–water partition coefficient (Wildman–Crippen LogP) is 0.618. The van der Waals surface area contributed by atoms with Gasteiger partial charge in [0.2, 0.25) is 10.0 Å². The SMILES string of the molecule is COCCOc1ccc(S(=O)(=O)NCC(C)CO)cc1. The lowest BCUT2D eigenvalue weighted by Crippen LogP contribution is -2.29. The number of rotatable bonds is 9. The zero-order valence-corrected chi connectivity index (χ0v) is 12.5. The lowest BCUT2D eigenvalue weighted by Gasteiger charge is -2.11. The van der Waals surface area contributed by atoms with Crippen LogP contribution in [0.2, 0.25) is 0 Å². The van der Waals surface area contributed by atoms with Crippen molar-refractivity contribution in [2.45, 2.75) is 11.8 Å². The van der Waals surface area contributed by atoms with Gasteiger partial charge in [-0.25, -0.2) is 13.1 Å². The molecule has 0 aliphatic carbocycles. The average Bonchev–Trinajstić information content (AvgIpc) is 2.45. The summed E-state index contributed by atoms with van der Waals surface area (Å²) in [6.45, 7) is 2.78. The third kappa shape index (κ3) is 5.46. The Hall–Kier alpha value is -1.15. The number of methoxy groups -OCH3 is 1. The minimum Gasteiger partial charge on any atom is -0.491 e. The van der Waals surface area contributed by atoms with Crippen LogP contribution in [0.3, 0.4) is 0 Å². The summed E-state index contributed by atoms with van der Waals surface area (Å²) >= 11 is 0. The lowest BCUT2D eigenvalue weighted by molar-refractivity contribution is 0.146. The highest BCUT2D eigenvalue weighted by molar-refractivity contribution is 7.89. The zero-order valence-electron chi connectivity index (χ0n) is 11.7. The fourth-order valence-corrected chi connectivity index (χ4v) is 2.52. The Labute approximate surface area is 119 Å². The Morgan fingerprint density at radius 3 is 2.45 bits per heavy atom. The minimum absolute atomic E-state index is 0.0607. The lowest BCUT2D eigenvalue weighted by atomic mass is 10.2. The van der Waals surface area contributed by atoms with Crippen molar-refractivity contribution in [3.05, 3.63) is 24.3 Å². The Bertz CT molecular complexity index is 486. The first-order valence-electron chi connectivity index (χ1n) is 6.32. The maximum absolute atomic E-state index is 12.0. The van der Waals surface area contributed by atoms with Gasteiger partial charge in [0.05, 0.1) is 11.5 Å². The van der Waals surface area contributed by atoms with Gasteiger partial charge in [0, 0.05) is 20.3 Å². The molecule has 0 aromatic heterocycles. The van der Waals surface area contributed by atoms with Crippen molar-refractivity contribution in [3.8, 4) is 5.75 Å². The molecule has 0 saturated heterocycles. The molecule has 114 valence electrons. The topological polar surface area (TPSA) is 84.9 Å². The van der Waals surface area contributed by atoms with Crippen LogP contribution in [0.1, 0.15) is 6.92 Å². The second-order valence-electron chi connectivity index (χ2n) is 4.45. The van der Waals surface area contributed by atoms with E-state index in [2.05, 4.69) is 4.72 Å². The molecule has 1 atom stereocenters. The van der Waals surface area contributed by atoms with E-state index < -0.39 is 10.0 Å². The normalized spacial score (nSPS) is 13.2. The smallest absolute Gasteiger partial charge is 0.240 e. The molecule has 0 amide bonds. The monoisotopic (exact) mass is 303 g/mol. The van der Waals surface area contributed by atoms with Gasteiger partial charge in [0.15, 0.2) is 0 Å². The van der Waals surface area contributed by atoms with Crippen molar-refractivity contribution in [3.63, 3.8) is 0 Å². The summed E-state index contributed by atoms with van der Waals surface area (Å²) < 4.78 is 36.6. The van der Waals surface area contributed by atoms with Gasteiger partial charge < -0.3 is 14.6 Å². The molecular weight excluding hydrogens is 282 g/mol. The molecule has 0 fully saturated rings. The Morgan fingerprint density at radius 1 is 1.25 bits per heavy atom. The van der Waals surface area contributed by atoms with Crippen molar-refractivity contribution in [2.24, 2.45) is 5.92 Å². The van der Waals surface area contributed by atoms with Crippen LogP contribution in [0.15, 0.2) is 29.2 Å². The molecule has 1 aromatic carbocycles. The maximum Gasteiger partial charge on any atom is 0.240 e. The van der Waals surface area contributed by atoms with Crippen LogP contribution < -0.4 is 9.46 Å². The van der Waals surface area contributed by atoms with E-state index in [9.17, 15) is 8.42 Å². The van der Waals surface area contributed by atoms with Crippen LogP contribution >= 0.6 is 0 Å². The maximum atomic E-state index is 12.0. The van der Waals surface area contributed by atoms with E-state index in [1.54, 1.807) is 26.2 Å². The van der Waals surface area contributed by atoms with E-state index in [0.717, 1.165) is 0 Å². The number of benzene rings is 1. The average molecular weight is 303 g/mol. The van der Waals surface area contributed by atoms with Crippen molar-refractivity contribution >= 4 is 10.0 Å². The van der Waals surface area contributed by atoms with Gasteiger partial charge in [-0.3, -0.25) is 0 Å². The fourth-order valence-electron chi connectivity index (χ4n) is 1.36. The summed E-state index contributed by atoms with van der Waals surface area (Å²) in [5, 5.41) is 8.88. The van der Waals surface area contributed by atoms with Crippen LogP contribution in [0.4, 0.5) is 0 Å². The van der Waals surface area contributed by atoms with Gasteiger partial charge in [-0.1, -0.05) is 6.92 Å². The fraction of sp³-hybridized carbons (Fsp3) is 0.538. The van der Waals surface area contributed by atoms with Crippen LogP contribution in [-0.2, 0) is 14.8 Å². The van der Waals surface area contributed by atoms with Gasteiger partial charge in [0.1, 0.15) is 12.4 Å². The third-order valence-corrected chi connectivity index (χ3v) is 4.06. The van der Waals surface area contributed by atoms with Crippen LogP contribution in [0, 0.1) is 5.92 Å². The number of sulfonamides is 1. The molecule has 2 N–H and O–H groups in total. The van der Waals surface area contributed by atoms with Gasteiger partial charge in [-0.05, 0) is 30.2 Å². The molecule has 6 nitrogen and oxygen atoms in total. The van der Waals surface area contributed by atoms with Crippen molar-refractivity contribution in [1.29, 1.82) is 0 Å². The van der Waals surface area contributed by atoms with E-state index in [-0.39, 0.29) is 24.0 Å². The largest absolute Gasteiger partial charge is 0.491 e. The number of hydrogen-bond donors (Lipinski definition) is 2. The van der Waals surface area contributed by atoms with E-state index in [1.165, 1.54) is 12.1 Å². The summed E-state index contributed by atoms with van der Waals surface area (Å²) in [4.78, 5) is 0.168. The molecule has 20 heavy (non-hydrogen) atoms. The minimum atomic E-state index is -3.55. The standard InChI is InChI=1S/C13H21NO5S/c1-11(10-15)9-14-20(16,17)13-5-3-12(4-6-13)19-8-7-18-2/h3-6,11,14-15H,7-10H2,1-2H3. The first kappa shape index (κ1) is 16.9. The first-order chi connectivity index (χ1) is 9.49. The highest BCUT2D eigenvalue weighted by atomic mass is 32.2. The van der Waals surface area contributed by atoms with E-state index in [0.29, 0.717) is 19.0 Å². The zero-order chi connectivity index (χ0) is 15.0. The summed E-state index contributed by atoms with van der Waals surface area (Å²) in [7, 11) is -1.97. The molecule has 0 saturated carbocycles. The number of hydrogen-bond acceptors (Lipinski definition) is 5. The van der Waals surface area contributed by atoms with Gasteiger partial charge in [-0.2, -0.15) is 0 Å². The third-order valence-electron chi connectivity index (χ3n) is 2.62.